The maximum atomic E-state index is 11.8. The third-order valence-electron chi connectivity index (χ3n) is 5.22. The van der Waals surface area contributed by atoms with Crippen molar-refractivity contribution in [1.29, 1.82) is 0 Å². The fourth-order valence-electron chi connectivity index (χ4n) is 3.49. The highest BCUT2D eigenvalue weighted by Gasteiger charge is 2.16. The lowest BCUT2D eigenvalue weighted by atomic mass is 10.1. The van der Waals surface area contributed by atoms with E-state index in [1.165, 1.54) is 10.4 Å². The van der Waals surface area contributed by atoms with E-state index in [0.29, 0.717) is 11.3 Å². The molecule has 32 heavy (non-hydrogen) atoms. The Labute approximate surface area is 196 Å². The van der Waals surface area contributed by atoms with E-state index in [1.807, 2.05) is 18.2 Å². The number of aryl methyl sites for hydroxylation is 1. The summed E-state index contributed by atoms with van der Waals surface area (Å²) < 4.78 is 7.73. The largest absolute Gasteiger partial charge is 0.496 e. The molecule has 2 heterocycles. The Morgan fingerprint density at radius 2 is 1.94 bits per heavy atom. The number of carbonyl (C=O) groups is 1. The number of hydrogen-bond acceptors (Lipinski definition) is 6. The Bertz CT molecular complexity index is 1170. The number of thioether (sulfide) groups is 1. The van der Waals surface area contributed by atoms with Crippen LogP contribution in [0, 0.1) is 0 Å². The standard InChI is InChI=1S/C25H25N3O2S2/c1-18(29)20-10-11-23(30-2)21(15-20)17-32-25-27-26-24(16-22-9-6-14-31-22)28(25)13-12-19-7-4-3-5-8-19/h3-11,14-15H,12-13,16-17H2,1-2H3. The van der Waals surface area contributed by atoms with Gasteiger partial charge in [-0.15, -0.1) is 21.5 Å². The van der Waals surface area contributed by atoms with Gasteiger partial charge in [0.05, 0.1) is 7.11 Å². The van der Waals surface area contributed by atoms with Gasteiger partial charge < -0.3 is 9.30 Å². The first-order chi connectivity index (χ1) is 15.6. The van der Waals surface area contributed by atoms with Crippen molar-refractivity contribution in [3.8, 4) is 5.75 Å². The maximum absolute atomic E-state index is 11.8. The first-order valence-electron chi connectivity index (χ1n) is 10.4. The van der Waals surface area contributed by atoms with Crippen molar-refractivity contribution >= 4 is 28.9 Å². The summed E-state index contributed by atoms with van der Waals surface area (Å²) in [5, 5.41) is 12.0. The number of rotatable bonds is 10. The molecule has 0 N–H and O–H groups in total. The second-order valence-electron chi connectivity index (χ2n) is 7.41. The summed E-state index contributed by atoms with van der Waals surface area (Å²) >= 11 is 3.35. The number of Topliss-reactive ketones (excluding diaryl/α,β-unsaturated/α-hetero) is 1. The van der Waals surface area contributed by atoms with Crippen LogP contribution in [0.4, 0.5) is 0 Å². The molecule has 0 spiro atoms. The van der Waals surface area contributed by atoms with Crippen LogP contribution in [0.3, 0.4) is 0 Å². The van der Waals surface area contributed by atoms with Crippen molar-refractivity contribution < 1.29 is 9.53 Å². The second kappa shape index (κ2) is 10.6. The van der Waals surface area contributed by atoms with Crippen LogP contribution < -0.4 is 4.74 Å². The second-order valence-corrected chi connectivity index (χ2v) is 9.39. The lowest BCUT2D eigenvalue weighted by molar-refractivity contribution is 0.101. The van der Waals surface area contributed by atoms with E-state index in [2.05, 4.69) is 56.5 Å². The van der Waals surface area contributed by atoms with E-state index in [0.717, 1.165) is 41.7 Å². The Morgan fingerprint density at radius 3 is 2.66 bits per heavy atom. The first-order valence-corrected chi connectivity index (χ1v) is 12.3. The van der Waals surface area contributed by atoms with Crippen LogP contribution in [0.1, 0.15) is 39.1 Å². The van der Waals surface area contributed by atoms with Crippen molar-refractivity contribution in [3.63, 3.8) is 0 Å². The maximum Gasteiger partial charge on any atom is 0.191 e. The van der Waals surface area contributed by atoms with Gasteiger partial charge in [-0.3, -0.25) is 4.79 Å². The van der Waals surface area contributed by atoms with E-state index in [-0.39, 0.29) is 5.78 Å². The van der Waals surface area contributed by atoms with Crippen LogP contribution >= 0.6 is 23.1 Å². The number of hydrogen-bond donors (Lipinski definition) is 0. The number of aromatic nitrogens is 3. The zero-order chi connectivity index (χ0) is 22.3. The predicted molar refractivity (Wildman–Crippen MR) is 130 cm³/mol. The van der Waals surface area contributed by atoms with Gasteiger partial charge in [-0.05, 0) is 48.6 Å². The Hall–Kier alpha value is -2.90. The molecule has 5 nitrogen and oxygen atoms in total. The van der Waals surface area contributed by atoms with E-state index < -0.39 is 0 Å². The first kappa shape index (κ1) is 22.3. The van der Waals surface area contributed by atoms with Gasteiger partial charge in [-0.25, -0.2) is 0 Å². The van der Waals surface area contributed by atoms with Crippen LogP contribution in [-0.2, 0) is 25.1 Å². The zero-order valence-corrected chi connectivity index (χ0v) is 19.8. The van der Waals surface area contributed by atoms with Gasteiger partial charge in [-0.1, -0.05) is 48.2 Å². The van der Waals surface area contributed by atoms with Gasteiger partial charge in [-0.2, -0.15) is 0 Å². The third kappa shape index (κ3) is 5.47. The fourth-order valence-corrected chi connectivity index (χ4v) is 5.15. The van der Waals surface area contributed by atoms with E-state index in [9.17, 15) is 4.79 Å². The lowest BCUT2D eigenvalue weighted by Crippen LogP contribution is -2.08. The van der Waals surface area contributed by atoms with Gasteiger partial charge in [0.15, 0.2) is 10.9 Å². The molecule has 4 rings (SSSR count). The quantitative estimate of drug-likeness (QED) is 0.224. The minimum absolute atomic E-state index is 0.0446. The number of ether oxygens (including phenoxy) is 1. The Kier molecular flexibility index (Phi) is 7.39. The molecule has 0 aliphatic carbocycles. The van der Waals surface area contributed by atoms with Crippen molar-refractivity contribution in [1.82, 2.24) is 14.8 Å². The highest BCUT2D eigenvalue weighted by Crippen LogP contribution is 2.29. The van der Waals surface area contributed by atoms with Crippen molar-refractivity contribution in [2.45, 2.75) is 37.2 Å². The van der Waals surface area contributed by atoms with Crippen LogP contribution in [0.15, 0.2) is 71.2 Å². The van der Waals surface area contributed by atoms with Crippen molar-refractivity contribution in [3.05, 3.63) is 93.4 Å². The molecule has 2 aromatic carbocycles. The fraction of sp³-hybridized carbons (Fsp3) is 0.240. The van der Waals surface area contributed by atoms with Gasteiger partial charge in [0.1, 0.15) is 11.6 Å². The zero-order valence-electron chi connectivity index (χ0n) is 18.2. The minimum atomic E-state index is 0.0446. The number of nitrogens with zero attached hydrogens (tertiary/aromatic N) is 3. The summed E-state index contributed by atoms with van der Waals surface area (Å²) in [5.74, 6) is 2.43. The van der Waals surface area contributed by atoms with Crippen LogP contribution in [0.25, 0.3) is 0 Å². The Balaban J connectivity index is 1.57. The van der Waals surface area contributed by atoms with E-state index >= 15 is 0 Å². The smallest absolute Gasteiger partial charge is 0.191 e. The topological polar surface area (TPSA) is 57.0 Å². The molecule has 0 amide bonds. The molecule has 0 saturated carbocycles. The minimum Gasteiger partial charge on any atom is -0.496 e. The summed E-state index contributed by atoms with van der Waals surface area (Å²) in [7, 11) is 1.65. The molecule has 0 bridgehead atoms. The number of ketones is 1. The molecular formula is C25H25N3O2S2. The highest BCUT2D eigenvalue weighted by atomic mass is 32.2. The summed E-state index contributed by atoms with van der Waals surface area (Å²) in [6, 6.07) is 20.2. The third-order valence-corrected chi connectivity index (χ3v) is 7.11. The van der Waals surface area contributed by atoms with Gasteiger partial charge in [0.2, 0.25) is 0 Å². The molecule has 7 heteroatoms. The molecule has 0 aliphatic heterocycles. The molecule has 0 saturated heterocycles. The summed E-state index contributed by atoms with van der Waals surface area (Å²) in [4.78, 5) is 13.1. The van der Waals surface area contributed by atoms with Crippen LogP contribution in [-0.4, -0.2) is 27.7 Å². The molecule has 2 aromatic heterocycles. The van der Waals surface area contributed by atoms with Crippen molar-refractivity contribution in [2.75, 3.05) is 7.11 Å². The summed E-state index contributed by atoms with van der Waals surface area (Å²) in [6.45, 7) is 2.39. The summed E-state index contributed by atoms with van der Waals surface area (Å²) in [5.41, 5.74) is 2.95. The van der Waals surface area contributed by atoms with Crippen LogP contribution in [0.2, 0.25) is 0 Å². The number of thiophene rings is 1. The molecule has 0 fully saturated rings. The normalized spacial score (nSPS) is 10.9. The molecule has 0 aliphatic rings. The summed E-state index contributed by atoms with van der Waals surface area (Å²) in [6.07, 6.45) is 1.68. The number of carbonyl (C=O) groups excluding carboxylic acids is 1. The number of benzene rings is 2. The highest BCUT2D eigenvalue weighted by molar-refractivity contribution is 7.98. The van der Waals surface area contributed by atoms with Crippen LogP contribution in [0.5, 0.6) is 5.75 Å². The van der Waals surface area contributed by atoms with Gasteiger partial charge in [0.25, 0.3) is 0 Å². The monoisotopic (exact) mass is 463 g/mol. The average Bonchev–Trinajstić information content (AvgIpc) is 3.47. The van der Waals surface area contributed by atoms with E-state index in [1.54, 1.807) is 43.2 Å². The molecular weight excluding hydrogens is 438 g/mol. The lowest BCUT2D eigenvalue weighted by Gasteiger charge is -2.12. The number of methoxy groups -OCH3 is 1. The van der Waals surface area contributed by atoms with E-state index in [4.69, 9.17) is 4.74 Å². The Morgan fingerprint density at radius 1 is 1.09 bits per heavy atom. The SMILES string of the molecule is COc1ccc(C(C)=O)cc1CSc1nnc(Cc2cccs2)n1CCc1ccccc1. The molecule has 4 aromatic rings. The molecule has 0 atom stereocenters. The van der Waals surface area contributed by atoms with Gasteiger partial charge in [0, 0.05) is 34.7 Å². The van der Waals surface area contributed by atoms with Gasteiger partial charge >= 0.3 is 0 Å². The molecule has 164 valence electrons. The van der Waals surface area contributed by atoms with Crippen molar-refractivity contribution in [2.24, 2.45) is 0 Å². The average molecular weight is 464 g/mol. The molecule has 0 unspecified atom stereocenters. The predicted octanol–water partition coefficient (Wildman–Crippen LogP) is 5.68. The molecule has 0 radical (unpaired) electrons.